The molecule has 4 heteroatoms. The lowest BCUT2D eigenvalue weighted by Gasteiger charge is -2.19. The van der Waals surface area contributed by atoms with Crippen molar-refractivity contribution >= 4 is 5.91 Å². The molecule has 0 aliphatic heterocycles. The molecule has 0 aliphatic rings. The first-order chi connectivity index (χ1) is 7.24. The summed E-state index contributed by atoms with van der Waals surface area (Å²) < 4.78 is 0. The number of hydrogen-bond acceptors (Lipinski definition) is 3. The fraction of sp³-hybridized carbons (Fsp3) is 0.909. The minimum atomic E-state index is 0.127. The molecule has 15 heavy (non-hydrogen) atoms. The van der Waals surface area contributed by atoms with Gasteiger partial charge in [0.1, 0.15) is 0 Å². The quantitative estimate of drug-likeness (QED) is 0.553. The van der Waals surface area contributed by atoms with Crippen molar-refractivity contribution in [2.45, 2.75) is 33.1 Å². The predicted molar refractivity (Wildman–Crippen MR) is 63.7 cm³/mol. The zero-order valence-corrected chi connectivity index (χ0v) is 10.1. The van der Waals surface area contributed by atoms with E-state index in [2.05, 4.69) is 24.1 Å². The summed E-state index contributed by atoms with van der Waals surface area (Å²) in [7, 11) is 0. The van der Waals surface area contributed by atoms with Crippen LogP contribution in [0.4, 0.5) is 0 Å². The van der Waals surface area contributed by atoms with Gasteiger partial charge in [-0.1, -0.05) is 20.3 Å². The summed E-state index contributed by atoms with van der Waals surface area (Å²) in [6.07, 6.45) is 3.13. The SMILES string of the molecule is CCCCNC(=O)CN(CC)CCCN. The highest BCUT2D eigenvalue weighted by Crippen LogP contribution is 1.90. The van der Waals surface area contributed by atoms with Gasteiger partial charge in [0.2, 0.25) is 5.91 Å². The fourth-order valence-electron chi connectivity index (χ4n) is 1.33. The van der Waals surface area contributed by atoms with E-state index < -0.39 is 0 Å². The molecule has 0 heterocycles. The van der Waals surface area contributed by atoms with Crippen LogP contribution in [0, 0.1) is 0 Å². The maximum atomic E-state index is 11.5. The van der Waals surface area contributed by atoms with Gasteiger partial charge < -0.3 is 11.1 Å². The third-order valence-electron chi connectivity index (χ3n) is 2.35. The molecule has 0 aromatic heterocycles. The van der Waals surface area contributed by atoms with Crippen molar-refractivity contribution in [3.8, 4) is 0 Å². The molecule has 0 aromatic carbocycles. The molecular formula is C11H25N3O. The Morgan fingerprint density at radius 2 is 2.07 bits per heavy atom. The van der Waals surface area contributed by atoms with Gasteiger partial charge in [0, 0.05) is 6.54 Å². The van der Waals surface area contributed by atoms with Crippen molar-refractivity contribution in [1.82, 2.24) is 10.2 Å². The molecule has 1 amide bonds. The van der Waals surface area contributed by atoms with Crippen LogP contribution in [0.1, 0.15) is 33.1 Å². The molecule has 0 saturated heterocycles. The maximum absolute atomic E-state index is 11.5. The third kappa shape index (κ3) is 8.39. The number of likely N-dealkylation sites (N-methyl/N-ethyl adjacent to an activating group) is 1. The van der Waals surface area contributed by atoms with Crippen LogP contribution >= 0.6 is 0 Å². The number of nitrogens with zero attached hydrogens (tertiary/aromatic N) is 1. The summed E-state index contributed by atoms with van der Waals surface area (Å²) in [4.78, 5) is 13.6. The van der Waals surface area contributed by atoms with Gasteiger partial charge >= 0.3 is 0 Å². The van der Waals surface area contributed by atoms with E-state index in [0.717, 1.165) is 38.9 Å². The van der Waals surface area contributed by atoms with Gasteiger partial charge in [-0.25, -0.2) is 0 Å². The number of nitrogens with two attached hydrogens (primary N) is 1. The summed E-state index contributed by atoms with van der Waals surface area (Å²) in [6, 6.07) is 0. The fourth-order valence-corrected chi connectivity index (χ4v) is 1.33. The lowest BCUT2D eigenvalue weighted by atomic mass is 10.3. The van der Waals surface area contributed by atoms with E-state index in [0.29, 0.717) is 13.1 Å². The van der Waals surface area contributed by atoms with E-state index in [1.165, 1.54) is 0 Å². The Hall–Kier alpha value is -0.610. The number of carbonyl (C=O) groups excluding carboxylic acids is 1. The van der Waals surface area contributed by atoms with Gasteiger partial charge in [-0.05, 0) is 32.5 Å². The van der Waals surface area contributed by atoms with Crippen molar-refractivity contribution in [3.05, 3.63) is 0 Å². The smallest absolute Gasteiger partial charge is 0.234 e. The lowest BCUT2D eigenvalue weighted by Crippen LogP contribution is -2.38. The largest absolute Gasteiger partial charge is 0.355 e. The Morgan fingerprint density at radius 3 is 2.60 bits per heavy atom. The molecule has 0 saturated carbocycles. The maximum Gasteiger partial charge on any atom is 0.234 e. The summed E-state index contributed by atoms with van der Waals surface area (Å²) in [6.45, 7) is 7.98. The Bertz CT molecular complexity index is 162. The average molecular weight is 215 g/mol. The molecular weight excluding hydrogens is 190 g/mol. The zero-order chi connectivity index (χ0) is 11.5. The van der Waals surface area contributed by atoms with Crippen LogP contribution in [0.25, 0.3) is 0 Å². The number of nitrogens with one attached hydrogen (secondary N) is 1. The van der Waals surface area contributed by atoms with Crippen molar-refractivity contribution < 1.29 is 4.79 Å². The number of unbranched alkanes of at least 4 members (excludes halogenated alkanes) is 1. The van der Waals surface area contributed by atoms with Gasteiger partial charge in [0.05, 0.1) is 6.54 Å². The van der Waals surface area contributed by atoms with E-state index in [1.807, 2.05) is 0 Å². The molecule has 0 atom stereocenters. The number of carbonyl (C=O) groups is 1. The van der Waals surface area contributed by atoms with Crippen LogP contribution < -0.4 is 11.1 Å². The Balaban J connectivity index is 3.60. The standard InChI is InChI=1S/C11H25N3O/c1-3-5-8-13-11(15)10-14(4-2)9-6-7-12/h3-10,12H2,1-2H3,(H,13,15). The van der Waals surface area contributed by atoms with E-state index >= 15 is 0 Å². The van der Waals surface area contributed by atoms with E-state index in [9.17, 15) is 4.79 Å². The first-order valence-corrected chi connectivity index (χ1v) is 5.93. The van der Waals surface area contributed by atoms with Crippen LogP contribution in [0.2, 0.25) is 0 Å². The van der Waals surface area contributed by atoms with Gasteiger partial charge in [0.15, 0.2) is 0 Å². The number of amides is 1. The molecule has 0 unspecified atom stereocenters. The molecule has 4 nitrogen and oxygen atoms in total. The summed E-state index contributed by atoms with van der Waals surface area (Å²) >= 11 is 0. The molecule has 0 rings (SSSR count). The van der Waals surface area contributed by atoms with Crippen LogP contribution in [-0.4, -0.2) is 43.5 Å². The lowest BCUT2D eigenvalue weighted by molar-refractivity contribution is -0.122. The van der Waals surface area contributed by atoms with Crippen molar-refractivity contribution in [1.29, 1.82) is 0 Å². The number of rotatable bonds is 9. The second kappa shape index (κ2) is 9.93. The summed E-state index contributed by atoms with van der Waals surface area (Å²) in [5.74, 6) is 0.127. The molecule has 90 valence electrons. The van der Waals surface area contributed by atoms with E-state index in [1.54, 1.807) is 0 Å². The van der Waals surface area contributed by atoms with Crippen molar-refractivity contribution in [3.63, 3.8) is 0 Å². The molecule has 0 aromatic rings. The molecule has 0 spiro atoms. The van der Waals surface area contributed by atoms with Crippen LogP contribution in [0.15, 0.2) is 0 Å². The summed E-state index contributed by atoms with van der Waals surface area (Å²) in [5, 5.41) is 2.91. The van der Waals surface area contributed by atoms with Crippen LogP contribution in [0.3, 0.4) is 0 Å². The van der Waals surface area contributed by atoms with Crippen LogP contribution in [0.5, 0.6) is 0 Å². The van der Waals surface area contributed by atoms with Gasteiger partial charge in [-0.3, -0.25) is 9.69 Å². The molecule has 0 aliphatic carbocycles. The third-order valence-corrected chi connectivity index (χ3v) is 2.35. The minimum Gasteiger partial charge on any atom is -0.355 e. The highest BCUT2D eigenvalue weighted by Gasteiger charge is 2.07. The highest BCUT2D eigenvalue weighted by atomic mass is 16.2. The Labute approximate surface area is 93.2 Å². The predicted octanol–water partition coefficient (Wildman–Crippen LogP) is 0.573. The average Bonchev–Trinajstić information content (AvgIpc) is 2.24. The van der Waals surface area contributed by atoms with Crippen molar-refractivity contribution in [2.24, 2.45) is 5.73 Å². The molecule has 3 N–H and O–H groups in total. The second-order valence-corrected chi connectivity index (χ2v) is 3.71. The monoisotopic (exact) mass is 215 g/mol. The van der Waals surface area contributed by atoms with Gasteiger partial charge in [-0.15, -0.1) is 0 Å². The Morgan fingerprint density at radius 1 is 1.33 bits per heavy atom. The number of hydrogen-bond donors (Lipinski definition) is 2. The molecule has 0 radical (unpaired) electrons. The van der Waals surface area contributed by atoms with Crippen LogP contribution in [-0.2, 0) is 4.79 Å². The second-order valence-electron chi connectivity index (χ2n) is 3.71. The normalized spacial score (nSPS) is 10.7. The first kappa shape index (κ1) is 14.4. The highest BCUT2D eigenvalue weighted by molar-refractivity contribution is 5.77. The van der Waals surface area contributed by atoms with Gasteiger partial charge in [-0.2, -0.15) is 0 Å². The van der Waals surface area contributed by atoms with Crippen molar-refractivity contribution in [2.75, 3.05) is 32.7 Å². The van der Waals surface area contributed by atoms with E-state index in [-0.39, 0.29) is 5.91 Å². The van der Waals surface area contributed by atoms with Gasteiger partial charge in [0.25, 0.3) is 0 Å². The molecule has 0 fully saturated rings. The Kier molecular flexibility index (Phi) is 9.52. The first-order valence-electron chi connectivity index (χ1n) is 5.93. The molecule has 0 bridgehead atoms. The zero-order valence-electron chi connectivity index (χ0n) is 10.1. The topological polar surface area (TPSA) is 58.4 Å². The minimum absolute atomic E-state index is 0.127. The van der Waals surface area contributed by atoms with E-state index in [4.69, 9.17) is 5.73 Å². The summed E-state index contributed by atoms with van der Waals surface area (Å²) in [5.41, 5.74) is 5.43.